The molecule has 0 radical (unpaired) electrons. The number of fused-ring (bicyclic) bond motifs is 1. The van der Waals surface area contributed by atoms with Crippen molar-refractivity contribution < 1.29 is 72.9 Å². The van der Waals surface area contributed by atoms with Crippen LogP contribution in [0.2, 0.25) is 0 Å². The molecule has 0 aliphatic carbocycles. The van der Waals surface area contributed by atoms with E-state index in [0.29, 0.717) is 29.1 Å². The van der Waals surface area contributed by atoms with Crippen LogP contribution in [-0.2, 0) is 51.3 Å². The van der Waals surface area contributed by atoms with Crippen LogP contribution in [0.4, 0.5) is 5.82 Å². The highest BCUT2D eigenvalue weighted by molar-refractivity contribution is 7.96. The van der Waals surface area contributed by atoms with Crippen molar-refractivity contribution in [2.45, 2.75) is 48.8 Å². The van der Waals surface area contributed by atoms with Crippen LogP contribution in [0.1, 0.15) is 18.2 Å². The average Bonchev–Trinajstić information content (AvgIpc) is 3.47. The first-order valence-electron chi connectivity index (χ1n) is 12.7. The van der Waals surface area contributed by atoms with Gasteiger partial charge in [-0.05, 0) is 30.0 Å². The maximum atomic E-state index is 10.8. The van der Waals surface area contributed by atoms with Crippen LogP contribution >= 0.6 is 0 Å². The van der Waals surface area contributed by atoms with Gasteiger partial charge >= 0.3 is 26.8 Å². The molecule has 0 saturated carbocycles. The van der Waals surface area contributed by atoms with Crippen LogP contribution in [0.3, 0.4) is 0 Å². The van der Waals surface area contributed by atoms with Gasteiger partial charge in [0.05, 0.1) is 17.5 Å². The highest BCUT2D eigenvalue weighted by Crippen LogP contribution is 2.32. The number of carboxylic acid groups (broad SMARTS) is 1. The molecule has 1 aliphatic heterocycles. The fraction of sp³-hybridized carbons (Fsp3) is 0.455. The van der Waals surface area contributed by atoms with Gasteiger partial charge in [-0.1, -0.05) is 17.7 Å². The van der Waals surface area contributed by atoms with Crippen molar-refractivity contribution in [3.8, 4) is 0 Å². The lowest BCUT2D eigenvalue weighted by Crippen LogP contribution is -2.37. The molecule has 3 aromatic rings. The van der Waals surface area contributed by atoms with Crippen molar-refractivity contribution in [3.63, 3.8) is 0 Å². The topological polar surface area (TPSA) is 389 Å². The molecule has 1 aliphatic rings. The van der Waals surface area contributed by atoms with Crippen molar-refractivity contribution in [3.05, 3.63) is 42.5 Å². The number of benzene rings is 1. The summed E-state index contributed by atoms with van der Waals surface area (Å²) in [6, 6.07) is 4.88. The Balaban J connectivity index is 0.000000447. The predicted octanol–water partition coefficient (Wildman–Crippen LogP) is -2.33. The fourth-order valence-electron chi connectivity index (χ4n) is 3.67. The van der Waals surface area contributed by atoms with E-state index in [0.717, 1.165) is 5.56 Å². The molecule has 11 N–H and O–H groups in total. The lowest BCUT2D eigenvalue weighted by molar-refractivity contribution is -0.138. The average molecular weight is 767 g/mol. The molecule has 272 valence electrons. The Morgan fingerprint density at radius 1 is 1.00 bits per heavy atom. The summed E-state index contributed by atoms with van der Waals surface area (Å²) in [5.41, 5.74) is 13.0. The molecule has 3 heterocycles. The summed E-state index contributed by atoms with van der Waals surface area (Å²) in [4.78, 5) is 22.8. The quantitative estimate of drug-likeness (QED) is 0.0857. The highest BCUT2D eigenvalue weighted by Gasteiger charge is 2.46. The first-order chi connectivity index (χ1) is 21.8. The van der Waals surface area contributed by atoms with Gasteiger partial charge in [0.15, 0.2) is 17.7 Å². The number of aliphatic hydroxyl groups is 2. The first-order valence-corrected chi connectivity index (χ1v) is 18.9. The third-order valence-corrected chi connectivity index (χ3v) is 8.53. The van der Waals surface area contributed by atoms with Crippen LogP contribution < -0.4 is 11.5 Å². The van der Waals surface area contributed by atoms with Crippen molar-refractivity contribution in [1.82, 2.24) is 19.5 Å². The molecule has 0 amide bonds. The normalized spacial score (nSPS) is 20.6. The molecular weight excluding hydrogens is 733 g/mol. The molecule has 26 heteroatoms. The maximum Gasteiger partial charge on any atom is 0.394 e. The van der Waals surface area contributed by atoms with Gasteiger partial charge in [0.2, 0.25) is 0 Å². The Morgan fingerprint density at radius 2 is 1.52 bits per heavy atom. The van der Waals surface area contributed by atoms with Gasteiger partial charge in [-0.25, -0.2) is 23.4 Å². The Hall–Kier alpha value is -3.12. The number of hydrogen-bond acceptors (Lipinski definition) is 16. The summed E-state index contributed by atoms with van der Waals surface area (Å²) in [6.45, 7) is 1.82. The van der Waals surface area contributed by atoms with Gasteiger partial charge in [-0.2, -0.15) is 16.8 Å². The van der Waals surface area contributed by atoms with E-state index >= 15 is 0 Å². The number of aliphatic carboxylic acids is 1. The molecule has 0 spiro atoms. The van der Waals surface area contributed by atoms with Crippen LogP contribution in [0.5, 0.6) is 0 Å². The summed E-state index contributed by atoms with van der Waals surface area (Å²) in [6.07, 6.45) is 1.31. The molecule has 0 bridgehead atoms. The van der Waals surface area contributed by atoms with E-state index in [1.807, 2.05) is 13.2 Å². The molecule has 6 atom stereocenters. The zero-order valence-electron chi connectivity index (χ0n) is 24.9. The number of nitrogens with zero attached hydrogens (tertiary/aromatic N) is 4. The zero-order valence-corrected chi connectivity index (χ0v) is 28.1. The molecule has 22 nitrogen and oxygen atoms in total. The van der Waals surface area contributed by atoms with E-state index in [1.54, 1.807) is 12.1 Å². The Kier molecular flexibility index (Phi) is 16.1. The number of anilines is 1. The van der Waals surface area contributed by atoms with E-state index in [-0.39, 0.29) is 21.6 Å². The second-order valence-electron chi connectivity index (χ2n) is 9.68. The first kappa shape index (κ1) is 42.9. The van der Waals surface area contributed by atoms with Gasteiger partial charge in [0, 0.05) is 6.42 Å². The van der Waals surface area contributed by atoms with E-state index in [4.69, 9.17) is 56.4 Å². The minimum absolute atomic E-state index is 0.178. The van der Waals surface area contributed by atoms with Crippen LogP contribution in [0.25, 0.3) is 11.2 Å². The molecular formula is C22H34N6O16S4. The van der Waals surface area contributed by atoms with E-state index < -0.39 is 67.5 Å². The van der Waals surface area contributed by atoms with E-state index in [9.17, 15) is 28.0 Å². The van der Waals surface area contributed by atoms with Gasteiger partial charge in [-0.3, -0.25) is 27.6 Å². The smallest absolute Gasteiger partial charge is 0.394 e. The van der Waals surface area contributed by atoms with Crippen molar-refractivity contribution in [2.24, 2.45) is 5.73 Å². The number of aliphatic hydroxyl groups excluding tert-OH is 2. The molecule has 1 fully saturated rings. The van der Waals surface area contributed by atoms with Crippen LogP contribution in [-0.4, -0.2) is 131 Å². The minimum Gasteiger partial charge on any atom is -0.744 e. The standard InChI is InChI=1S/C15H22N6O5S.C7H8O3S.2H2O4S/c1-27(3-2-7(16)15(24)25)4-8-10(22)11(23)14(26-8)21-6-20-9-12(17)18-5-19-13(9)21;1-6-2-4-7(5-3-6)11(8,9)10;2*1-5(2,3)4/h5-8,10-11,14,22-23H,2-4,16H2,1H3,(H2-,17,18,19,24,25);2-5H,1H3,(H,8,9,10);2*(H2,1,2,3,4)/t7-,8-,10+,11+,14+,27?;;;/m0.../s1. The highest BCUT2D eigenvalue weighted by atomic mass is 32.3. The summed E-state index contributed by atoms with van der Waals surface area (Å²) in [5, 5.41) is 29.7. The number of hydrogen-bond donors (Lipinski definition) is 9. The fourth-order valence-corrected chi connectivity index (χ4v) is 5.80. The predicted molar refractivity (Wildman–Crippen MR) is 166 cm³/mol. The van der Waals surface area contributed by atoms with Gasteiger partial charge < -0.3 is 36.1 Å². The summed E-state index contributed by atoms with van der Waals surface area (Å²) in [5.74, 6) is 0.254. The van der Waals surface area contributed by atoms with E-state index in [1.165, 1.54) is 29.4 Å². The monoisotopic (exact) mass is 766 g/mol. The Bertz CT molecular complexity index is 1780. The third-order valence-electron chi connectivity index (χ3n) is 5.85. The van der Waals surface area contributed by atoms with Crippen molar-refractivity contribution >= 4 is 64.8 Å². The number of carboxylic acids is 1. The number of ether oxygens (including phenoxy) is 1. The number of nitrogens with two attached hydrogens (primary N) is 2. The molecule has 2 aromatic heterocycles. The lowest BCUT2D eigenvalue weighted by atomic mass is 10.1. The number of rotatable bonds is 8. The molecule has 1 aromatic carbocycles. The Labute approximate surface area is 277 Å². The Morgan fingerprint density at radius 3 is 2.00 bits per heavy atom. The third kappa shape index (κ3) is 15.9. The second-order valence-corrected chi connectivity index (χ2v) is 15.2. The van der Waals surface area contributed by atoms with E-state index in [2.05, 4.69) is 15.0 Å². The maximum absolute atomic E-state index is 10.8. The molecule has 4 rings (SSSR count). The summed E-state index contributed by atoms with van der Waals surface area (Å²) >= 11 is 0. The number of aryl methyl sites for hydroxylation is 1. The molecule has 1 unspecified atom stereocenters. The minimum atomic E-state index is -4.67. The lowest BCUT2D eigenvalue weighted by Gasteiger charge is -2.16. The number of aromatic nitrogens is 4. The van der Waals surface area contributed by atoms with Gasteiger partial charge in [0.1, 0.15) is 57.8 Å². The number of carbonyl (C=O) groups is 1. The van der Waals surface area contributed by atoms with Crippen molar-refractivity contribution in [1.29, 1.82) is 0 Å². The summed E-state index contributed by atoms with van der Waals surface area (Å²) in [7, 11) is -13.8. The largest absolute Gasteiger partial charge is 0.744 e. The van der Waals surface area contributed by atoms with Crippen molar-refractivity contribution in [2.75, 3.05) is 23.5 Å². The number of nitrogen functional groups attached to an aromatic ring is 1. The van der Waals surface area contributed by atoms with Gasteiger partial charge in [0.25, 0.3) is 0 Å². The summed E-state index contributed by atoms with van der Waals surface area (Å²) < 4.78 is 102. The number of imidazole rings is 1. The van der Waals surface area contributed by atoms with Crippen LogP contribution in [0.15, 0.2) is 41.8 Å². The second kappa shape index (κ2) is 18.0. The zero-order chi connectivity index (χ0) is 37.2. The van der Waals surface area contributed by atoms with Crippen LogP contribution in [0, 0.1) is 6.92 Å². The van der Waals surface area contributed by atoms with Gasteiger partial charge in [-0.15, -0.1) is 0 Å². The molecule has 1 saturated heterocycles. The molecule has 48 heavy (non-hydrogen) atoms. The SMILES string of the molecule is C[S+](CC[C@H](N)C(=O)O)C[C@@H]1O[C@@H](n2cnc3c(N)ncnc32)[C@H](O)[C@@H]1O.Cc1ccc(S(=O)(=O)[O-])cc1.O=S(=O)(O)O.O=S(=O)(O)O.